The summed E-state index contributed by atoms with van der Waals surface area (Å²) in [6, 6.07) is 6.30. The third-order valence-electron chi connectivity index (χ3n) is 5.34. The molecule has 0 saturated carbocycles. The fraction of sp³-hybridized carbons (Fsp3) is 0.333. The van der Waals surface area contributed by atoms with E-state index >= 15 is 0 Å². The van der Waals surface area contributed by atoms with Gasteiger partial charge >= 0.3 is 0 Å². The molecule has 0 aliphatic carbocycles. The van der Waals surface area contributed by atoms with Gasteiger partial charge in [-0.25, -0.2) is 9.97 Å². The van der Waals surface area contributed by atoms with Gasteiger partial charge in [-0.2, -0.15) is 0 Å². The summed E-state index contributed by atoms with van der Waals surface area (Å²) in [5, 5.41) is 4.57. The SMILES string of the molecule is CC(C)C(=O)N1CCc2c(sc3ncnc(Nc4ccc5c(c4)C=NC5)c23)C1. The zero-order valence-corrected chi connectivity index (χ0v) is 16.7. The van der Waals surface area contributed by atoms with Gasteiger partial charge in [0.15, 0.2) is 0 Å². The van der Waals surface area contributed by atoms with E-state index in [-0.39, 0.29) is 11.8 Å². The smallest absolute Gasteiger partial charge is 0.225 e. The van der Waals surface area contributed by atoms with E-state index in [4.69, 9.17) is 0 Å². The monoisotopic (exact) mass is 391 g/mol. The van der Waals surface area contributed by atoms with Crippen molar-refractivity contribution in [1.29, 1.82) is 0 Å². The molecule has 0 spiro atoms. The summed E-state index contributed by atoms with van der Waals surface area (Å²) in [7, 11) is 0. The van der Waals surface area contributed by atoms with Crippen LogP contribution in [0, 0.1) is 5.92 Å². The van der Waals surface area contributed by atoms with Crippen LogP contribution in [0.1, 0.15) is 35.4 Å². The molecule has 6 nitrogen and oxygen atoms in total. The van der Waals surface area contributed by atoms with Crippen LogP contribution in [0.2, 0.25) is 0 Å². The highest BCUT2D eigenvalue weighted by molar-refractivity contribution is 7.19. The molecule has 0 saturated heterocycles. The Labute approximate surface area is 167 Å². The van der Waals surface area contributed by atoms with Crippen LogP contribution >= 0.6 is 11.3 Å². The Morgan fingerprint density at radius 1 is 1.29 bits per heavy atom. The third kappa shape index (κ3) is 2.86. The minimum atomic E-state index is 0.0243. The highest BCUT2D eigenvalue weighted by Gasteiger charge is 2.27. The fourth-order valence-corrected chi connectivity index (χ4v) is 5.09. The van der Waals surface area contributed by atoms with Crippen molar-refractivity contribution in [2.75, 3.05) is 11.9 Å². The predicted molar refractivity (Wildman–Crippen MR) is 112 cm³/mol. The molecule has 0 unspecified atom stereocenters. The topological polar surface area (TPSA) is 70.5 Å². The van der Waals surface area contributed by atoms with Crippen LogP contribution in [-0.4, -0.2) is 33.5 Å². The van der Waals surface area contributed by atoms with Crippen LogP contribution < -0.4 is 5.32 Å². The average Bonchev–Trinajstić information content (AvgIpc) is 3.30. The highest BCUT2D eigenvalue weighted by atomic mass is 32.1. The lowest BCUT2D eigenvalue weighted by Crippen LogP contribution is -2.37. The largest absolute Gasteiger partial charge is 0.340 e. The van der Waals surface area contributed by atoms with E-state index in [1.54, 1.807) is 17.7 Å². The Kier molecular flexibility index (Phi) is 4.12. The zero-order valence-electron chi connectivity index (χ0n) is 15.9. The minimum absolute atomic E-state index is 0.0243. The van der Waals surface area contributed by atoms with E-state index < -0.39 is 0 Å². The van der Waals surface area contributed by atoms with Crippen molar-refractivity contribution in [2.24, 2.45) is 10.9 Å². The Hall–Kier alpha value is -2.80. The Balaban J connectivity index is 1.50. The number of thiophene rings is 1. The first-order chi connectivity index (χ1) is 13.6. The van der Waals surface area contributed by atoms with Crippen molar-refractivity contribution in [3.63, 3.8) is 0 Å². The molecule has 142 valence electrons. The van der Waals surface area contributed by atoms with Gasteiger partial charge in [0.1, 0.15) is 17.0 Å². The highest BCUT2D eigenvalue weighted by Crippen LogP contribution is 2.38. The van der Waals surface area contributed by atoms with Crippen molar-refractivity contribution < 1.29 is 4.79 Å². The maximum Gasteiger partial charge on any atom is 0.225 e. The molecular formula is C21H21N5OS. The fourth-order valence-electron chi connectivity index (χ4n) is 3.89. The summed E-state index contributed by atoms with van der Waals surface area (Å²) in [5.74, 6) is 1.07. The summed E-state index contributed by atoms with van der Waals surface area (Å²) in [6.07, 6.45) is 4.37. The first-order valence-electron chi connectivity index (χ1n) is 9.54. The second-order valence-corrected chi connectivity index (χ2v) is 8.66. The first kappa shape index (κ1) is 17.3. The lowest BCUT2D eigenvalue weighted by atomic mass is 10.0. The summed E-state index contributed by atoms with van der Waals surface area (Å²) in [6.45, 7) is 6.09. The number of aliphatic imine (C=N–C) groups is 1. The number of fused-ring (bicyclic) bond motifs is 4. The standard InChI is InChI=1S/C21H21N5OS/c1-12(2)21(27)26-6-5-16-17(10-26)28-20-18(16)19(23-11-24-20)25-15-4-3-13-8-22-9-14(13)7-15/h3-4,7,9,11-12H,5-6,8,10H2,1-2H3,(H,23,24,25). The van der Waals surface area contributed by atoms with E-state index in [1.807, 2.05) is 25.0 Å². The van der Waals surface area contributed by atoms with Crippen LogP contribution in [0.15, 0.2) is 29.5 Å². The molecule has 0 bridgehead atoms. The second kappa shape index (κ2) is 6.67. The minimum Gasteiger partial charge on any atom is -0.340 e. The maximum atomic E-state index is 12.4. The van der Waals surface area contributed by atoms with Gasteiger partial charge in [0, 0.05) is 29.2 Å². The van der Waals surface area contributed by atoms with Gasteiger partial charge in [0.2, 0.25) is 5.91 Å². The number of carbonyl (C=O) groups excluding carboxylic acids is 1. The molecule has 0 atom stereocenters. The Bertz CT molecular complexity index is 1120. The number of aromatic nitrogens is 2. The number of hydrogen-bond acceptors (Lipinski definition) is 6. The molecule has 2 aliphatic rings. The summed E-state index contributed by atoms with van der Waals surface area (Å²) >= 11 is 1.67. The van der Waals surface area contributed by atoms with Gasteiger partial charge in [-0.3, -0.25) is 9.79 Å². The van der Waals surface area contributed by atoms with Crippen LogP contribution in [-0.2, 0) is 24.3 Å². The predicted octanol–water partition coefficient (Wildman–Crippen LogP) is 3.91. The van der Waals surface area contributed by atoms with Gasteiger partial charge in [-0.1, -0.05) is 19.9 Å². The molecule has 3 aromatic rings. The van der Waals surface area contributed by atoms with Crippen LogP contribution in [0.3, 0.4) is 0 Å². The normalized spacial score (nSPS) is 15.2. The summed E-state index contributed by atoms with van der Waals surface area (Å²) in [5.41, 5.74) is 4.68. The van der Waals surface area contributed by atoms with Crippen molar-refractivity contribution in [3.05, 3.63) is 46.1 Å². The van der Waals surface area contributed by atoms with Gasteiger partial charge in [0.25, 0.3) is 0 Å². The number of anilines is 2. The number of nitrogens with zero attached hydrogens (tertiary/aromatic N) is 4. The summed E-state index contributed by atoms with van der Waals surface area (Å²) in [4.78, 5) is 29.9. The molecule has 4 heterocycles. The molecule has 0 fully saturated rings. The van der Waals surface area contributed by atoms with Crippen molar-refractivity contribution in [3.8, 4) is 0 Å². The lowest BCUT2D eigenvalue weighted by Gasteiger charge is -2.28. The van der Waals surface area contributed by atoms with E-state index in [1.165, 1.54) is 16.0 Å². The van der Waals surface area contributed by atoms with Crippen LogP contribution in [0.4, 0.5) is 11.5 Å². The number of benzene rings is 1. The zero-order chi connectivity index (χ0) is 19.3. The molecule has 2 aromatic heterocycles. The van der Waals surface area contributed by atoms with Gasteiger partial charge in [-0.05, 0) is 35.2 Å². The quantitative estimate of drug-likeness (QED) is 0.735. The Morgan fingerprint density at radius 3 is 3.04 bits per heavy atom. The van der Waals surface area contributed by atoms with Crippen LogP contribution in [0.5, 0.6) is 0 Å². The molecule has 1 N–H and O–H groups in total. The van der Waals surface area contributed by atoms with Crippen molar-refractivity contribution >= 4 is 45.2 Å². The number of amides is 1. The Morgan fingerprint density at radius 2 is 2.18 bits per heavy atom. The molecular weight excluding hydrogens is 370 g/mol. The van der Waals surface area contributed by atoms with E-state index in [0.717, 1.165) is 46.8 Å². The molecule has 5 rings (SSSR count). The van der Waals surface area contributed by atoms with Crippen molar-refractivity contribution in [2.45, 2.75) is 33.4 Å². The van der Waals surface area contributed by atoms with E-state index in [9.17, 15) is 4.79 Å². The average molecular weight is 392 g/mol. The van der Waals surface area contributed by atoms with Gasteiger partial charge in [0.05, 0.1) is 18.5 Å². The summed E-state index contributed by atoms with van der Waals surface area (Å²) < 4.78 is 0. The third-order valence-corrected chi connectivity index (χ3v) is 6.47. The lowest BCUT2D eigenvalue weighted by molar-refractivity contribution is -0.135. The second-order valence-electron chi connectivity index (χ2n) is 7.58. The van der Waals surface area contributed by atoms with Crippen LogP contribution in [0.25, 0.3) is 10.2 Å². The van der Waals surface area contributed by atoms with Gasteiger partial charge in [-0.15, -0.1) is 11.3 Å². The number of carbonyl (C=O) groups is 1. The van der Waals surface area contributed by atoms with Gasteiger partial charge < -0.3 is 10.2 Å². The molecule has 1 aromatic carbocycles. The van der Waals surface area contributed by atoms with E-state index in [2.05, 4.69) is 38.5 Å². The first-order valence-corrected chi connectivity index (χ1v) is 10.4. The number of rotatable bonds is 3. The van der Waals surface area contributed by atoms with Crippen molar-refractivity contribution in [1.82, 2.24) is 14.9 Å². The van der Waals surface area contributed by atoms with E-state index in [0.29, 0.717) is 6.54 Å². The molecule has 0 radical (unpaired) electrons. The molecule has 7 heteroatoms. The number of hydrogen-bond donors (Lipinski definition) is 1. The maximum absolute atomic E-state index is 12.4. The number of nitrogens with one attached hydrogen (secondary N) is 1. The molecule has 28 heavy (non-hydrogen) atoms. The molecule has 1 amide bonds. The molecule has 2 aliphatic heterocycles.